The Morgan fingerprint density at radius 3 is 1.73 bits per heavy atom. The lowest BCUT2D eigenvalue weighted by atomic mass is 9.59. The third-order valence-corrected chi connectivity index (χ3v) is 12.5. The van der Waals surface area contributed by atoms with Crippen molar-refractivity contribution in [1.82, 2.24) is 9.80 Å². The Kier molecular flexibility index (Phi) is 22.3. The van der Waals surface area contributed by atoms with Gasteiger partial charge in [-0.05, 0) is 121 Å². The molecule has 4 aliphatic rings. The van der Waals surface area contributed by atoms with Crippen LogP contribution in [0.1, 0.15) is 174 Å². The Hall–Kier alpha value is -1.22. The number of fused-ring (bicyclic) bond motifs is 3. The normalized spacial score (nSPS) is 21.8. The van der Waals surface area contributed by atoms with Crippen LogP contribution in [0.2, 0.25) is 0 Å². The van der Waals surface area contributed by atoms with Gasteiger partial charge in [-0.15, -0.1) is 0 Å². The minimum atomic E-state index is -0.348. The number of esters is 2. The number of carbonyl (C=O) groups is 2. The van der Waals surface area contributed by atoms with Gasteiger partial charge >= 0.3 is 11.9 Å². The van der Waals surface area contributed by atoms with E-state index in [4.69, 9.17) is 18.9 Å². The molecule has 0 aromatic heterocycles. The average molecular weight is 721 g/mol. The molecule has 3 saturated carbocycles. The highest BCUT2D eigenvalue weighted by Gasteiger charge is 2.42. The van der Waals surface area contributed by atoms with Gasteiger partial charge in [-0.25, -0.2) is 0 Å². The smallest absolute Gasteiger partial charge is 0.306 e. The summed E-state index contributed by atoms with van der Waals surface area (Å²) in [4.78, 5) is 30.8. The topological polar surface area (TPSA) is 77.5 Å². The van der Waals surface area contributed by atoms with Crippen LogP contribution in [0.15, 0.2) is 0 Å². The summed E-state index contributed by atoms with van der Waals surface area (Å²) in [5.74, 6) is 0.721. The molecular weight excluding hydrogens is 640 g/mol. The highest BCUT2D eigenvalue weighted by Crippen LogP contribution is 2.52. The molecule has 4 fully saturated rings. The fourth-order valence-electron chi connectivity index (χ4n) is 8.66. The molecule has 8 nitrogen and oxygen atoms in total. The predicted octanol–water partition coefficient (Wildman–Crippen LogP) is 9.72. The quantitative estimate of drug-likeness (QED) is 0.0413. The van der Waals surface area contributed by atoms with Crippen molar-refractivity contribution in [3.63, 3.8) is 0 Å². The molecule has 1 saturated heterocycles. The maximum absolute atomic E-state index is 13.0. The van der Waals surface area contributed by atoms with Gasteiger partial charge in [0, 0.05) is 32.7 Å². The first-order valence-electron chi connectivity index (χ1n) is 21.7. The summed E-state index contributed by atoms with van der Waals surface area (Å²) in [6.07, 6.45) is 27.0. The van der Waals surface area contributed by atoms with Crippen molar-refractivity contribution in [1.29, 1.82) is 0 Å². The van der Waals surface area contributed by atoms with Crippen LogP contribution >= 0.6 is 0 Å². The number of hydrogen-bond acceptors (Lipinski definition) is 8. The van der Waals surface area contributed by atoms with Crippen LogP contribution in [0.5, 0.6) is 0 Å². The predicted molar refractivity (Wildman–Crippen MR) is 208 cm³/mol. The monoisotopic (exact) mass is 721 g/mol. The van der Waals surface area contributed by atoms with Gasteiger partial charge in [-0.3, -0.25) is 9.59 Å². The minimum absolute atomic E-state index is 0.00711. The van der Waals surface area contributed by atoms with Crippen molar-refractivity contribution in [3.8, 4) is 0 Å². The molecule has 0 N–H and O–H groups in total. The number of unbranched alkanes of at least 4 members (excludes halogenated alkanes) is 10. The van der Waals surface area contributed by atoms with E-state index in [9.17, 15) is 9.59 Å². The van der Waals surface area contributed by atoms with Crippen LogP contribution in [-0.4, -0.2) is 94.7 Å². The SMILES string of the molecule is CCCCCCCCOC(CCC(=O)OCCC1(CCOC(=O)CC23CCC(CC2)CC3)CCN(CCN(C)C)CC1)OCCCCCCCC. The molecular formula is C43H80N2O6. The van der Waals surface area contributed by atoms with Gasteiger partial charge < -0.3 is 28.7 Å². The maximum Gasteiger partial charge on any atom is 0.306 e. The van der Waals surface area contributed by atoms with Crippen molar-refractivity contribution in [2.45, 2.75) is 181 Å². The van der Waals surface area contributed by atoms with Crippen LogP contribution in [0.4, 0.5) is 0 Å². The zero-order chi connectivity index (χ0) is 36.6. The van der Waals surface area contributed by atoms with Gasteiger partial charge in [0.1, 0.15) is 0 Å². The number of piperidine rings is 1. The summed E-state index contributed by atoms with van der Waals surface area (Å²) < 4.78 is 24.1. The van der Waals surface area contributed by atoms with Crippen LogP contribution in [0.25, 0.3) is 0 Å². The molecule has 3 aliphatic carbocycles. The van der Waals surface area contributed by atoms with Gasteiger partial charge in [0.2, 0.25) is 0 Å². The first-order valence-corrected chi connectivity index (χ1v) is 21.7. The Labute approximate surface area is 313 Å². The molecule has 2 bridgehead atoms. The van der Waals surface area contributed by atoms with E-state index in [0.29, 0.717) is 45.7 Å². The lowest BCUT2D eigenvalue weighted by Gasteiger charge is -2.46. The number of nitrogens with zero attached hydrogens (tertiary/aromatic N) is 2. The summed E-state index contributed by atoms with van der Waals surface area (Å²) in [6, 6.07) is 0. The van der Waals surface area contributed by atoms with Crippen molar-refractivity contribution in [2.75, 3.05) is 66.7 Å². The highest BCUT2D eigenvalue weighted by molar-refractivity contribution is 5.70. The number of ether oxygens (including phenoxy) is 4. The van der Waals surface area contributed by atoms with Gasteiger partial charge in [0.15, 0.2) is 6.29 Å². The molecule has 1 aliphatic heterocycles. The van der Waals surface area contributed by atoms with Crippen molar-refractivity contribution in [2.24, 2.45) is 16.7 Å². The Bertz CT molecular complexity index is 880. The van der Waals surface area contributed by atoms with Crippen LogP contribution in [0, 0.1) is 16.7 Å². The van der Waals surface area contributed by atoms with Gasteiger partial charge in [-0.2, -0.15) is 0 Å². The molecule has 0 aromatic carbocycles. The number of likely N-dealkylation sites (tertiary alicyclic amines) is 1. The fraction of sp³-hybridized carbons (Fsp3) is 0.953. The second-order valence-corrected chi connectivity index (χ2v) is 17.0. The van der Waals surface area contributed by atoms with E-state index in [0.717, 1.165) is 70.6 Å². The van der Waals surface area contributed by atoms with E-state index >= 15 is 0 Å². The maximum atomic E-state index is 13.0. The number of carbonyl (C=O) groups excluding carboxylic acids is 2. The molecule has 0 unspecified atom stereocenters. The zero-order valence-electron chi connectivity index (χ0n) is 33.8. The third kappa shape index (κ3) is 18.6. The van der Waals surface area contributed by atoms with Crippen molar-refractivity contribution in [3.05, 3.63) is 0 Å². The molecule has 0 amide bonds. The molecule has 51 heavy (non-hydrogen) atoms. The molecule has 1 heterocycles. The average Bonchev–Trinajstić information content (AvgIpc) is 3.13. The summed E-state index contributed by atoms with van der Waals surface area (Å²) >= 11 is 0. The second-order valence-electron chi connectivity index (χ2n) is 17.0. The molecule has 0 aromatic rings. The van der Waals surface area contributed by atoms with E-state index in [-0.39, 0.29) is 29.1 Å². The Morgan fingerprint density at radius 2 is 1.20 bits per heavy atom. The van der Waals surface area contributed by atoms with Crippen LogP contribution < -0.4 is 0 Å². The summed E-state index contributed by atoms with van der Waals surface area (Å²) in [7, 11) is 4.25. The van der Waals surface area contributed by atoms with E-state index in [2.05, 4.69) is 37.7 Å². The first kappa shape index (κ1) is 44.2. The Balaban J connectivity index is 1.42. The van der Waals surface area contributed by atoms with Gasteiger partial charge in [-0.1, -0.05) is 78.1 Å². The summed E-state index contributed by atoms with van der Waals surface area (Å²) in [6.45, 7) is 10.9. The molecule has 8 heteroatoms. The van der Waals surface area contributed by atoms with Crippen molar-refractivity contribution >= 4 is 11.9 Å². The van der Waals surface area contributed by atoms with E-state index in [1.165, 1.54) is 103 Å². The Morgan fingerprint density at radius 1 is 0.686 bits per heavy atom. The number of rotatable bonds is 30. The zero-order valence-corrected chi connectivity index (χ0v) is 33.8. The third-order valence-electron chi connectivity index (χ3n) is 12.5. The van der Waals surface area contributed by atoms with E-state index in [1.807, 2.05) is 0 Å². The number of likely N-dealkylation sites (N-methyl/N-ethyl adjacent to an activating group) is 1. The molecule has 4 rings (SSSR count). The van der Waals surface area contributed by atoms with Crippen LogP contribution in [-0.2, 0) is 28.5 Å². The molecule has 298 valence electrons. The minimum Gasteiger partial charge on any atom is -0.466 e. The van der Waals surface area contributed by atoms with Gasteiger partial charge in [0.25, 0.3) is 0 Å². The standard InChI is InChI=1S/C43H80N2O6/c1-5-7-9-11-13-15-33-50-41(51-34-16-14-12-10-8-6-2)18-17-39(46)48-35-27-42(25-29-45(30-26-42)32-31-44(3)4)28-36-49-40(47)37-43-22-19-38(20-23-43)21-24-43/h38,41H,5-37H2,1-4H3. The van der Waals surface area contributed by atoms with E-state index in [1.54, 1.807) is 0 Å². The van der Waals surface area contributed by atoms with Gasteiger partial charge in [0.05, 0.1) is 26.1 Å². The summed E-state index contributed by atoms with van der Waals surface area (Å²) in [5.41, 5.74) is 0.229. The second kappa shape index (κ2) is 25.7. The lowest BCUT2D eigenvalue weighted by Crippen LogP contribution is -2.43. The highest BCUT2D eigenvalue weighted by atomic mass is 16.7. The molecule has 0 atom stereocenters. The lowest BCUT2D eigenvalue weighted by molar-refractivity contribution is -0.160. The largest absolute Gasteiger partial charge is 0.466 e. The summed E-state index contributed by atoms with van der Waals surface area (Å²) in [5, 5.41) is 0. The molecule has 0 radical (unpaired) electrons. The molecule has 0 spiro atoms. The first-order chi connectivity index (χ1) is 24.8. The van der Waals surface area contributed by atoms with Crippen molar-refractivity contribution < 1.29 is 28.5 Å². The fourth-order valence-corrected chi connectivity index (χ4v) is 8.66. The van der Waals surface area contributed by atoms with Crippen LogP contribution in [0.3, 0.4) is 0 Å². The number of hydrogen-bond donors (Lipinski definition) is 0. The van der Waals surface area contributed by atoms with E-state index < -0.39 is 0 Å².